The highest BCUT2D eigenvalue weighted by molar-refractivity contribution is 5.56. The molecule has 326 valence electrons. The molecule has 16 N–H and O–H groups in total. The van der Waals surface area contributed by atoms with Crippen molar-refractivity contribution in [2.24, 2.45) is 5.92 Å². The van der Waals surface area contributed by atoms with E-state index in [2.05, 4.69) is 0 Å². The number of hydrogen-bond acceptors (Lipinski definition) is 16. The molecule has 62 heavy (non-hydrogen) atoms. The molecule has 2 atom stereocenters. The number of aryl methyl sites for hydroxylation is 3. The minimum absolute atomic E-state index is 0.00971. The maximum Gasteiger partial charge on any atom is 0.200 e. The second-order valence-corrected chi connectivity index (χ2v) is 15.4. The van der Waals surface area contributed by atoms with Crippen molar-refractivity contribution in [2.75, 3.05) is 0 Å². The largest absolute Gasteiger partial charge is 0.508 e. The molecule has 0 heterocycles. The molecule has 0 radical (unpaired) electrons. The Morgan fingerprint density at radius 1 is 0.274 bits per heavy atom. The number of phenols is 16. The van der Waals surface area contributed by atoms with Crippen LogP contribution in [0.2, 0.25) is 0 Å². The van der Waals surface area contributed by atoms with Crippen LogP contribution in [0.1, 0.15) is 56.8 Å². The summed E-state index contributed by atoms with van der Waals surface area (Å²) in [6.45, 7) is 0. The third-order valence-corrected chi connectivity index (χ3v) is 11.1. The number of phenolic OH excluding ortho intramolecular Hbond substituents is 16. The Bertz CT molecular complexity index is 2500. The lowest BCUT2D eigenvalue weighted by atomic mass is 9.75. The maximum atomic E-state index is 11.4. The van der Waals surface area contributed by atoms with E-state index in [1.165, 1.54) is 72.8 Å². The first-order chi connectivity index (χ1) is 29.3. The van der Waals surface area contributed by atoms with Gasteiger partial charge in [0.1, 0.15) is 23.0 Å². The van der Waals surface area contributed by atoms with Gasteiger partial charge in [0, 0.05) is 11.1 Å². The molecule has 0 bridgehead atoms. The van der Waals surface area contributed by atoms with Crippen LogP contribution in [0, 0.1) is 5.92 Å². The highest BCUT2D eigenvalue weighted by Gasteiger charge is 2.28. The van der Waals surface area contributed by atoms with Gasteiger partial charge in [-0.05, 0) is 169 Å². The zero-order chi connectivity index (χ0) is 45.2. The third-order valence-electron chi connectivity index (χ3n) is 11.1. The van der Waals surface area contributed by atoms with Crippen LogP contribution in [0.4, 0.5) is 0 Å². The van der Waals surface area contributed by atoms with Gasteiger partial charge in [0.05, 0.1) is 0 Å². The van der Waals surface area contributed by atoms with E-state index in [-0.39, 0.29) is 85.5 Å². The molecule has 0 aliphatic rings. The Balaban J connectivity index is 1.36. The van der Waals surface area contributed by atoms with Gasteiger partial charge in [-0.1, -0.05) is 0 Å². The molecule has 0 spiro atoms. The zero-order valence-corrected chi connectivity index (χ0v) is 32.9. The summed E-state index contributed by atoms with van der Waals surface area (Å²) in [6.07, 6.45) is 0.793. The molecule has 6 aromatic rings. The molecule has 0 aliphatic heterocycles. The van der Waals surface area contributed by atoms with Gasteiger partial charge < -0.3 is 81.7 Å². The molecule has 0 amide bonds. The normalized spacial score (nSPS) is 12.3. The van der Waals surface area contributed by atoms with Gasteiger partial charge in [-0.25, -0.2) is 0 Å². The summed E-state index contributed by atoms with van der Waals surface area (Å²) < 4.78 is 0. The van der Waals surface area contributed by atoms with Gasteiger partial charge in [-0.15, -0.1) is 0 Å². The first kappa shape index (κ1) is 43.7. The molecule has 0 saturated carbocycles. The van der Waals surface area contributed by atoms with E-state index >= 15 is 0 Å². The number of benzene rings is 6. The quantitative estimate of drug-likeness (QED) is 0.0499. The van der Waals surface area contributed by atoms with Crippen molar-refractivity contribution < 1.29 is 81.7 Å². The van der Waals surface area contributed by atoms with E-state index < -0.39 is 80.8 Å². The van der Waals surface area contributed by atoms with Gasteiger partial charge in [0.15, 0.2) is 69.0 Å². The number of rotatable bonds is 15. The van der Waals surface area contributed by atoms with Crippen LogP contribution in [0.15, 0.2) is 72.8 Å². The Kier molecular flexibility index (Phi) is 12.5. The molecular formula is C46H46O16. The standard InChI is InChI=1S/C46H46O16/c47-31-9-21(10-32(48)28(31)5-2-22-11-35(51)43(59)36(52)12-22)1-4-26(7-24-15-39(55)45(61)40(56)16-24)30(8-25-17-41(57)46(62)42(58)18-25)27-19-33(49)29(34(50)20-27)6-3-23-13-37(53)44(60)38(54)14-23/h9-20,26,30,47-62H,1-8H2/t26-,30-/m0/s1. The smallest absolute Gasteiger partial charge is 0.200 e. The molecule has 16 nitrogen and oxygen atoms in total. The van der Waals surface area contributed by atoms with Gasteiger partial charge in [-0.2, -0.15) is 0 Å². The highest BCUT2D eigenvalue weighted by Crippen LogP contribution is 2.45. The summed E-state index contributed by atoms with van der Waals surface area (Å²) in [7, 11) is 0. The molecular weight excluding hydrogens is 808 g/mol. The lowest BCUT2D eigenvalue weighted by molar-refractivity contribution is 0.358. The van der Waals surface area contributed by atoms with Crippen LogP contribution in [0.3, 0.4) is 0 Å². The van der Waals surface area contributed by atoms with Crippen molar-refractivity contribution in [1.29, 1.82) is 0 Å². The van der Waals surface area contributed by atoms with Crippen molar-refractivity contribution in [3.8, 4) is 92.0 Å². The summed E-state index contributed by atoms with van der Waals surface area (Å²) in [6, 6.07) is 15.6. The van der Waals surface area contributed by atoms with Gasteiger partial charge in [0.2, 0.25) is 0 Å². The Morgan fingerprint density at radius 2 is 0.548 bits per heavy atom. The lowest BCUT2D eigenvalue weighted by Gasteiger charge is -2.29. The van der Waals surface area contributed by atoms with Crippen molar-refractivity contribution in [3.05, 3.63) is 117 Å². The van der Waals surface area contributed by atoms with Crippen LogP contribution < -0.4 is 0 Å². The van der Waals surface area contributed by atoms with Crippen molar-refractivity contribution in [3.63, 3.8) is 0 Å². The van der Waals surface area contributed by atoms with Crippen molar-refractivity contribution in [1.82, 2.24) is 0 Å². The lowest BCUT2D eigenvalue weighted by Crippen LogP contribution is -2.20. The van der Waals surface area contributed by atoms with E-state index in [0.717, 1.165) is 0 Å². The van der Waals surface area contributed by atoms with Crippen LogP contribution >= 0.6 is 0 Å². The third kappa shape index (κ3) is 9.60. The van der Waals surface area contributed by atoms with Crippen LogP contribution in [-0.4, -0.2) is 81.7 Å². The summed E-state index contributed by atoms with van der Waals surface area (Å²) in [5.74, 6) is -10.1. The average molecular weight is 855 g/mol. The average Bonchev–Trinajstić information content (AvgIpc) is 3.20. The fourth-order valence-electron chi connectivity index (χ4n) is 7.85. The van der Waals surface area contributed by atoms with Crippen LogP contribution in [0.25, 0.3) is 0 Å². The maximum absolute atomic E-state index is 11.4. The topological polar surface area (TPSA) is 324 Å². The SMILES string of the molecule is Oc1cc(CCc2c(O)cc(CC[C@@H](Cc3cc(O)c(O)c(O)c3)[C@H](Cc3cc(O)c(O)c(O)c3)c3cc(O)c(CCc4cc(O)c(O)c(O)c4)c(O)c3)cc2O)cc(O)c1O. The molecule has 0 unspecified atom stereocenters. The highest BCUT2D eigenvalue weighted by atomic mass is 16.3. The fourth-order valence-corrected chi connectivity index (χ4v) is 7.85. The molecule has 16 heteroatoms. The van der Waals surface area contributed by atoms with Gasteiger partial charge in [0.25, 0.3) is 0 Å². The summed E-state index contributed by atoms with van der Waals surface area (Å²) in [5.41, 5.74) is 2.55. The minimum atomic E-state index is -0.755. The second-order valence-electron chi connectivity index (χ2n) is 15.4. The van der Waals surface area contributed by atoms with E-state index in [0.29, 0.717) is 33.4 Å². The summed E-state index contributed by atoms with van der Waals surface area (Å²) >= 11 is 0. The molecule has 0 fully saturated rings. The number of aromatic hydroxyl groups is 16. The second kappa shape index (κ2) is 17.8. The summed E-state index contributed by atoms with van der Waals surface area (Å²) in [5, 5.41) is 166. The monoisotopic (exact) mass is 854 g/mol. The van der Waals surface area contributed by atoms with E-state index in [9.17, 15) is 81.7 Å². The molecule has 6 rings (SSSR count). The fraction of sp³-hybridized carbons (Fsp3) is 0.217. The van der Waals surface area contributed by atoms with Crippen molar-refractivity contribution in [2.45, 2.75) is 57.3 Å². The van der Waals surface area contributed by atoms with E-state index in [1.54, 1.807) is 0 Å². The van der Waals surface area contributed by atoms with Gasteiger partial charge in [-0.3, -0.25) is 0 Å². The first-order valence-electron chi connectivity index (χ1n) is 19.3. The predicted octanol–water partition coefficient (Wildman–Crippen LogP) is 6.36. The zero-order valence-electron chi connectivity index (χ0n) is 32.9. The Morgan fingerprint density at radius 3 is 0.903 bits per heavy atom. The van der Waals surface area contributed by atoms with Crippen LogP contribution in [0.5, 0.6) is 92.0 Å². The molecule has 0 aromatic heterocycles. The Labute approximate surface area is 353 Å². The van der Waals surface area contributed by atoms with Gasteiger partial charge >= 0.3 is 0 Å². The molecule has 6 aromatic carbocycles. The summed E-state index contributed by atoms with van der Waals surface area (Å²) in [4.78, 5) is 0. The minimum Gasteiger partial charge on any atom is -0.508 e. The Hall–Kier alpha value is -7.88. The van der Waals surface area contributed by atoms with Crippen LogP contribution in [-0.2, 0) is 44.9 Å². The van der Waals surface area contributed by atoms with Crippen molar-refractivity contribution >= 4 is 0 Å². The molecule has 0 saturated heterocycles. The van der Waals surface area contributed by atoms with E-state index in [1.807, 2.05) is 0 Å². The first-order valence-corrected chi connectivity index (χ1v) is 19.3. The predicted molar refractivity (Wildman–Crippen MR) is 222 cm³/mol. The number of hydrogen-bond donors (Lipinski definition) is 16. The molecule has 0 aliphatic carbocycles. The van der Waals surface area contributed by atoms with E-state index in [4.69, 9.17) is 0 Å².